The molecule has 0 radical (unpaired) electrons. The number of thioether (sulfide) groups is 2. The van der Waals surface area contributed by atoms with Crippen LogP contribution in [0.3, 0.4) is 0 Å². The predicted molar refractivity (Wildman–Crippen MR) is 131 cm³/mol. The molecular weight excluding hydrogens is 480 g/mol. The monoisotopic (exact) mass is 506 g/mol. The van der Waals surface area contributed by atoms with Crippen molar-refractivity contribution in [2.45, 2.75) is 12.1 Å². The fraction of sp³-hybridized carbons (Fsp3) is 0.364. The molecule has 0 aromatic carbocycles. The molecule has 2 heterocycles. The first kappa shape index (κ1) is 27.1. The maximum Gasteiger partial charge on any atom is 0.329 e. The molecule has 0 saturated heterocycles. The molecule has 2 amide bonds. The van der Waals surface area contributed by atoms with E-state index >= 15 is 0 Å². The number of ether oxygens (including phenoxy) is 2. The average Bonchev–Trinajstić information content (AvgIpc) is 2.87. The van der Waals surface area contributed by atoms with Gasteiger partial charge in [-0.05, 0) is 36.8 Å². The zero-order valence-corrected chi connectivity index (χ0v) is 20.8. The molecule has 0 aliphatic carbocycles. The second-order valence-electron chi connectivity index (χ2n) is 6.83. The summed E-state index contributed by atoms with van der Waals surface area (Å²) >= 11 is 2.78. The van der Waals surface area contributed by atoms with Crippen LogP contribution in [-0.2, 0) is 19.1 Å². The average molecular weight is 507 g/mol. The van der Waals surface area contributed by atoms with Gasteiger partial charge in [0, 0.05) is 11.5 Å². The van der Waals surface area contributed by atoms with Gasteiger partial charge in [0.15, 0.2) is 0 Å². The van der Waals surface area contributed by atoms with E-state index in [1.165, 1.54) is 49.9 Å². The number of pyridine rings is 2. The Kier molecular flexibility index (Phi) is 10.8. The summed E-state index contributed by atoms with van der Waals surface area (Å²) in [6, 6.07) is 7.92. The lowest BCUT2D eigenvalue weighted by Gasteiger charge is -2.15. The van der Waals surface area contributed by atoms with Gasteiger partial charge in [-0.2, -0.15) is 23.5 Å². The van der Waals surface area contributed by atoms with Crippen molar-refractivity contribution in [1.82, 2.24) is 20.6 Å². The molecule has 0 saturated carbocycles. The summed E-state index contributed by atoms with van der Waals surface area (Å²) in [7, 11) is 2.51. The van der Waals surface area contributed by atoms with E-state index < -0.39 is 35.8 Å². The molecule has 12 heteroatoms. The molecule has 2 atom stereocenters. The fourth-order valence-corrected chi connectivity index (χ4v) is 3.93. The van der Waals surface area contributed by atoms with Crippen molar-refractivity contribution in [3.8, 4) is 11.4 Å². The van der Waals surface area contributed by atoms with E-state index in [0.717, 1.165) is 0 Å². The van der Waals surface area contributed by atoms with Crippen molar-refractivity contribution < 1.29 is 28.7 Å². The minimum atomic E-state index is -0.813. The number of hydrogen-bond acceptors (Lipinski definition) is 10. The largest absolute Gasteiger partial charge is 0.467 e. The van der Waals surface area contributed by atoms with E-state index in [-0.39, 0.29) is 11.4 Å². The molecule has 0 fully saturated rings. The third kappa shape index (κ3) is 7.45. The minimum Gasteiger partial charge on any atom is -0.467 e. The lowest BCUT2D eigenvalue weighted by atomic mass is 10.2. The van der Waals surface area contributed by atoms with E-state index in [0.29, 0.717) is 22.9 Å². The van der Waals surface area contributed by atoms with Crippen LogP contribution in [0.4, 0.5) is 0 Å². The van der Waals surface area contributed by atoms with Gasteiger partial charge >= 0.3 is 11.9 Å². The van der Waals surface area contributed by atoms with Gasteiger partial charge in [-0.3, -0.25) is 9.59 Å². The number of nitrogens with zero attached hydrogens (tertiary/aromatic N) is 2. The van der Waals surface area contributed by atoms with E-state index in [1.807, 2.05) is 12.5 Å². The number of amides is 2. The molecule has 0 aliphatic rings. The molecule has 2 aromatic rings. The minimum absolute atomic E-state index is 0.0786. The molecule has 2 N–H and O–H groups in total. The summed E-state index contributed by atoms with van der Waals surface area (Å²) in [5, 5.41) is 5.23. The molecule has 10 nitrogen and oxygen atoms in total. The summed E-state index contributed by atoms with van der Waals surface area (Å²) < 4.78 is 9.46. The van der Waals surface area contributed by atoms with Gasteiger partial charge in [0.1, 0.15) is 23.5 Å². The molecule has 2 unspecified atom stereocenters. The standard InChI is InChI=1S/C22H26N4O6S2/c1-31-21(29)17(11-33-3)25-19(27)15-9-5-7-13(23-15)14-8-6-10-16(24-14)20(28)26-18(12-34-4)22(30)32-2/h5-10,17-18H,11-12H2,1-4H3,(H,25,27)(H,26,28). The zero-order chi connectivity index (χ0) is 25.1. The fourth-order valence-electron chi connectivity index (χ4n) is 2.83. The summed E-state index contributed by atoms with van der Waals surface area (Å²) in [5.41, 5.74) is 0.871. The molecule has 0 aliphatic heterocycles. The normalized spacial score (nSPS) is 12.2. The molecule has 2 rings (SSSR count). The van der Waals surface area contributed by atoms with E-state index in [2.05, 4.69) is 20.6 Å². The Hall–Kier alpha value is -3.12. The Morgan fingerprint density at radius 2 is 1.15 bits per heavy atom. The Morgan fingerprint density at radius 3 is 1.47 bits per heavy atom. The van der Waals surface area contributed by atoms with Crippen LogP contribution in [-0.4, -0.2) is 84.0 Å². The molecule has 0 bridgehead atoms. The van der Waals surface area contributed by atoms with Crippen LogP contribution in [0.25, 0.3) is 11.4 Å². The van der Waals surface area contributed by atoms with Crippen molar-refractivity contribution in [2.75, 3.05) is 38.2 Å². The van der Waals surface area contributed by atoms with Gasteiger partial charge in [0.25, 0.3) is 11.8 Å². The van der Waals surface area contributed by atoms with Crippen molar-refractivity contribution in [2.24, 2.45) is 0 Å². The Morgan fingerprint density at radius 1 is 0.765 bits per heavy atom. The summed E-state index contributed by atoms with van der Waals surface area (Å²) in [5.74, 6) is -1.49. The third-order valence-corrected chi connectivity index (χ3v) is 5.81. The number of carbonyl (C=O) groups excluding carboxylic acids is 4. The van der Waals surface area contributed by atoms with Gasteiger partial charge in [-0.1, -0.05) is 12.1 Å². The summed E-state index contributed by atoms with van der Waals surface area (Å²) in [4.78, 5) is 57.8. The number of rotatable bonds is 11. The highest BCUT2D eigenvalue weighted by Crippen LogP contribution is 2.16. The van der Waals surface area contributed by atoms with Gasteiger partial charge in [0.2, 0.25) is 0 Å². The van der Waals surface area contributed by atoms with Crippen LogP contribution < -0.4 is 10.6 Å². The van der Waals surface area contributed by atoms with Crippen LogP contribution >= 0.6 is 23.5 Å². The Labute approximate surface area is 206 Å². The zero-order valence-electron chi connectivity index (χ0n) is 19.2. The first-order chi connectivity index (χ1) is 16.3. The Balaban J connectivity index is 2.23. The van der Waals surface area contributed by atoms with Gasteiger partial charge in [0.05, 0.1) is 25.6 Å². The van der Waals surface area contributed by atoms with Crippen molar-refractivity contribution in [3.63, 3.8) is 0 Å². The second-order valence-corrected chi connectivity index (χ2v) is 8.65. The molecule has 182 valence electrons. The lowest BCUT2D eigenvalue weighted by molar-refractivity contribution is -0.143. The van der Waals surface area contributed by atoms with Gasteiger partial charge in [-0.15, -0.1) is 0 Å². The van der Waals surface area contributed by atoms with Crippen molar-refractivity contribution in [3.05, 3.63) is 47.8 Å². The van der Waals surface area contributed by atoms with Crippen LogP contribution in [0.15, 0.2) is 36.4 Å². The second kappa shape index (κ2) is 13.6. The highest BCUT2D eigenvalue weighted by atomic mass is 32.2. The number of methoxy groups -OCH3 is 2. The first-order valence-electron chi connectivity index (χ1n) is 10.0. The summed E-state index contributed by atoms with van der Waals surface area (Å²) in [6.07, 6.45) is 3.62. The third-order valence-electron chi connectivity index (χ3n) is 4.47. The van der Waals surface area contributed by atoms with Crippen LogP contribution in [0.1, 0.15) is 21.0 Å². The number of hydrogen-bond donors (Lipinski definition) is 2. The molecule has 0 spiro atoms. The highest BCUT2D eigenvalue weighted by Gasteiger charge is 2.24. The topological polar surface area (TPSA) is 137 Å². The molecule has 34 heavy (non-hydrogen) atoms. The summed E-state index contributed by atoms with van der Waals surface area (Å²) in [6.45, 7) is 0. The van der Waals surface area contributed by atoms with Crippen molar-refractivity contribution in [1.29, 1.82) is 0 Å². The lowest BCUT2D eigenvalue weighted by Crippen LogP contribution is -2.43. The predicted octanol–water partition coefficient (Wildman–Crippen LogP) is 1.41. The van der Waals surface area contributed by atoms with Crippen LogP contribution in [0, 0.1) is 0 Å². The quantitative estimate of drug-likeness (QED) is 0.431. The maximum absolute atomic E-state index is 12.7. The number of carbonyl (C=O) groups is 4. The SMILES string of the molecule is COC(=O)C(CSC)NC(=O)c1cccc(-c2cccc(C(=O)NC(CSC)C(=O)OC)n2)n1. The number of aromatic nitrogens is 2. The van der Waals surface area contributed by atoms with E-state index in [4.69, 9.17) is 9.47 Å². The molecular formula is C22H26N4O6S2. The molecule has 2 aromatic heterocycles. The van der Waals surface area contributed by atoms with Gasteiger partial charge in [-0.25, -0.2) is 19.6 Å². The maximum atomic E-state index is 12.7. The van der Waals surface area contributed by atoms with Crippen LogP contribution in [0.2, 0.25) is 0 Å². The van der Waals surface area contributed by atoms with Crippen LogP contribution in [0.5, 0.6) is 0 Å². The smallest absolute Gasteiger partial charge is 0.329 e. The van der Waals surface area contributed by atoms with E-state index in [1.54, 1.807) is 24.3 Å². The number of esters is 2. The Bertz CT molecular complexity index is 954. The van der Waals surface area contributed by atoms with E-state index in [9.17, 15) is 19.2 Å². The highest BCUT2D eigenvalue weighted by molar-refractivity contribution is 7.98. The first-order valence-corrected chi connectivity index (χ1v) is 12.8. The van der Waals surface area contributed by atoms with Gasteiger partial charge < -0.3 is 20.1 Å². The number of nitrogens with one attached hydrogen (secondary N) is 2. The van der Waals surface area contributed by atoms with Crippen molar-refractivity contribution >= 4 is 47.3 Å².